The number of aryl methyl sites for hydroxylation is 1. The highest BCUT2D eigenvalue weighted by atomic mass is 16.5. The van der Waals surface area contributed by atoms with Gasteiger partial charge in [-0.25, -0.2) is 5.48 Å². The highest BCUT2D eigenvalue weighted by molar-refractivity contribution is 5.90. The van der Waals surface area contributed by atoms with Crippen LogP contribution in [0.2, 0.25) is 0 Å². The molecule has 3 aromatic rings. The molecule has 5 nitrogen and oxygen atoms in total. The maximum atomic E-state index is 11.0. The number of hydroxylamine groups is 1. The molecule has 1 amide bonds. The Morgan fingerprint density at radius 1 is 1.15 bits per heavy atom. The third kappa shape index (κ3) is 4.39. The van der Waals surface area contributed by atoms with E-state index in [1.54, 1.807) is 11.6 Å². The summed E-state index contributed by atoms with van der Waals surface area (Å²) in [6.45, 7) is 1.71. The zero-order valence-corrected chi connectivity index (χ0v) is 14.8. The molecule has 0 spiro atoms. The molecule has 134 valence electrons. The average Bonchev–Trinajstić information content (AvgIpc) is 3.00. The molecule has 3 N–H and O–H groups in total. The molecule has 0 aliphatic rings. The van der Waals surface area contributed by atoms with Gasteiger partial charge in [-0.05, 0) is 41.8 Å². The van der Waals surface area contributed by atoms with Crippen molar-refractivity contribution in [2.24, 2.45) is 7.05 Å². The average molecular weight is 348 g/mol. The molecule has 1 aromatic heterocycles. The number of nitrogens with zero attached hydrogens (tertiary/aromatic N) is 1. The second-order valence-corrected chi connectivity index (χ2v) is 6.26. The van der Waals surface area contributed by atoms with Crippen molar-refractivity contribution in [2.45, 2.75) is 13.0 Å². The number of carbonyl (C=O) groups is 1. The van der Waals surface area contributed by atoms with Gasteiger partial charge in [-0.2, -0.15) is 0 Å². The standard InChI is InChI=1S/C21H23N3O2/c1-24-15-18(19-4-2-3-5-20(19)24)12-13-22-14-17-8-6-16(7-9-17)10-11-21(25)23-26/h2-11,15,22,26H,12-14H2,1H3,(H,23,25)/b11-10+/i1-1. The van der Waals surface area contributed by atoms with Gasteiger partial charge in [-0.1, -0.05) is 42.5 Å². The molecule has 0 fully saturated rings. The number of aromatic nitrogens is 1. The SMILES string of the molecule is [11CH3]n1cc(CCNCc2ccc(/C=C/C(=O)NO)cc2)c2ccccc21. The smallest absolute Gasteiger partial charge is 0.267 e. The van der Waals surface area contributed by atoms with Gasteiger partial charge in [0.25, 0.3) is 5.91 Å². The molecule has 0 radical (unpaired) electrons. The summed E-state index contributed by atoms with van der Waals surface area (Å²) in [5.41, 5.74) is 6.29. The van der Waals surface area contributed by atoms with E-state index in [4.69, 9.17) is 5.21 Å². The highest BCUT2D eigenvalue weighted by Gasteiger charge is 2.05. The first-order chi connectivity index (χ1) is 12.7. The van der Waals surface area contributed by atoms with Gasteiger partial charge in [-0.15, -0.1) is 0 Å². The molecule has 0 aliphatic carbocycles. The fourth-order valence-corrected chi connectivity index (χ4v) is 3.04. The van der Waals surface area contributed by atoms with Crippen LogP contribution in [0.5, 0.6) is 0 Å². The summed E-state index contributed by atoms with van der Waals surface area (Å²) in [6.07, 6.45) is 6.13. The van der Waals surface area contributed by atoms with E-state index in [1.807, 2.05) is 24.3 Å². The summed E-state index contributed by atoms with van der Waals surface area (Å²) in [6, 6.07) is 16.4. The van der Waals surface area contributed by atoms with E-state index in [0.29, 0.717) is 0 Å². The van der Waals surface area contributed by atoms with Gasteiger partial charge in [0.1, 0.15) is 0 Å². The number of hydrogen-bond acceptors (Lipinski definition) is 3. The topological polar surface area (TPSA) is 66.3 Å². The Balaban J connectivity index is 1.50. The van der Waals surface area contributed by atoms with Crippen LogP contribution in [-0.2, 0) is 24.8 Å². The van der Waals surface area contributed by atoms with E-state index < -0.39 is 5.91 Å². The minimum absolute atomic E-state index is 0.538. The number of rotatable bonds is 7. The lowest BCUT2D eigenvalue weighted by molar-refractivity contribution is -0.124. The molecule has 2 aromatic carbocycles. The molecule has 0 unspecified atom stereocenters. The summed E-state index contributed by atoms with van der Waals surface area (Å²) in [5, 5.41) is 13.3. The Kier molecular flexibility index (Phi) is 5.84. The van der Waals surface area contributed by atoms with Crippen molar-refractivity contribution >= 4 is 22.9 Å². The zero-order valence-electron chi connectivity index (χ0n) is 14.8. The highest BCUT2D eigenvalue weighted by Crippen LogP contribution is 2.20. The van der Waals surface area contributed by atoms with Crippen molar-refractivity contribution in [3.05, 3.63) is 77.5 Å². The zero-order chi connectivity index (χ0) is 18.4. The van der Waals surface area contributed by atoms with Crippen molar-refractivity contribution in [1.82, 2.24) is 15.4 Å². The first kappa shape index (κ1) is 17.9. The predicted octanol–water partition coefficient (Wildman–Crippen LogP) is 3.03. The fraction of sp³-hybridized carbons (Fsp3) is 0.190. The molecule has 0 atom stereocenters. The molecule has 0 saturated carbocycles. The normalized spacial score (nSPS) is 11.3. The summed E-state index contributed by atoms with van der Waals surface area (Å²) < 4.78 is 2.17. The maximum absolute atomic E-state index is 11.0. The van der Waals surface area contributed by atoms with Gasteiger partial charge in [-0.3, -0.25) is 10.0 Å². The van der Waals surface area contributed by atoms with E-state index in [0.717, 1.165) is 25.1 Å². The van der Waals surface area contributed by atoms with Crippen LogP contribution >= 0.6 is 0 Å². The minimum Gasteiger partial charge on any atom is -0.350 e. The number of benzene rings is 2. The molecular formula is C21H23N3O2. The quantitative estimate of drug-likeness (QED) is 0.266. The third-order valence-corrected chi connectivity index (χ3v) is 4.40. The van der Waals surface area contributed by atoms with Gasteiger partial charge in [0.2, 0.25) is 0 Å². The van der Waals surface area contributed by atoms with Crippen LogP contribution in [0.3, 0.4) is 0 Å². The van der Waals surface area contributed by atoms with Crippen molar-refractivity contribution in [3.8, 4) is 0 Å². The van der Waals surface area contributed by atoms with E-state index in [2.05, 4.69) is 47.4 Å². The van der Waals surface area contributed by atoms with Crippen LogP contribution in [0, 0.1) is 0 Å². The predicted molar refractivity (Wildman–Crippen MR) is 104 cm³/mol. The molecule has 3 rings (SSSR count). The molecule has 0 aliphatic heterocycles. The lowest BCUT2D eigenvalue weighted by Crippen LogP contribution is -2.16. The second-order valence-electron chi connectivity index (χ2n) is 6.26. The van der Waals surface area contributed by atoms with E-state index in [9.17, 15) is 4.79 Å². The molecule has 26 heavy (non-hydrogen) atoms. The van der Waals surface area contributed by atoms with Gasteiger partial charge >= 0.3 is 0 Å². The third-order valence-electron chi connectivity index (χ3n) is 4.40. The van der Waals surface area contributed by atoms with Gasteiger partial charge in [0.15, 0.2) is 0 Å². The van der Waals surface area contributed by atoms with E-state index >= 15 is 0 Å². The summed E-state index contributed by atoms with van der Waals surface area (Å²) in [5.74, 6) is -0.538. The number of carbonyl (C=O) groups excluding carboxylic acids is 1. The van der Waals surface area contributed by atoms with Crippen LogP contribution in [0.1, 0.15) is 16.7 Å². The largest absolute Gasteiger partial charge is 0.350 e. The van der Waals surface area contributed by atoms with Crippen molar-refractivity contribution in [2.75, 3.05) is 6.54 Å². The van der Waals surface area contributed by atoms with Crippen molar-refractivity contribution < 1.29 is 10.0 Å². The van der Waals surface area contributed by atoms with Crippen LogP contribution in [0.15, 0.2) is 60.8 Å². The number of nitrogens with one attached hydrogen (secondary N) is 2. The van der Waals surface area contributed by atoms with Crippen LogP contribution in [0.25, 0.3) is 17.0 Å². The van der Waals surface area contributed by atoms with Gasteiger partial charge in [0, 0.05) is 36.8 Å². The molecule has 1 heterocycles. The molecule has 0 bridgehead atoms. The Morgan fingerprint density at radius 3 is 2.69 bits per heavy atom. The summed E-state index contributed by atoms with van der Waals surface area (Å²) in [4.78, 5) is 11.0. The Labute approximate surface area is 152 Å². The van der Waals surface area contributed by atoms with Gasteiger partial charge in [0.05, 0.1) is 0 Å². The van der Waals surface area contributed by atoms with Crippen molar-refractivity contribution in [3.63, 3.8) is 0 Å². The first-order valence-electron chi connectivity index (χ1n) is 8.62. The molecular weight excluding hydrogens is 325 g/mol. The molecule has 0 saturated heterocycles. The summed E-state index contributed by atoms with van der Waals surface area (Å²) >= 11 is 0. The Bertz CT molecular complexity index is 911. The van der Waals surface area contributed by atoms with Gasteiger partial charge < -0.3 is 9.88 Å². The lowest BCUT2D eigenvalue weighted by Gasteiger charge is -2.05. The van der Waals surface area contributed by atoms with E-state index in [-0.39, 0.29) is 0 Å². The maximum Gasteiger partial charge on any atom is 0.267 e. The Hall–Kier alpha value is -2.89. The Morgan fingerprint density at radius 2 is 1.92 bits per heavy atom. The van der Waals surface area contributed by atoms with Crippen molar-refractivity contribution in [1.29, 1.82) is 0 Å². The van der Waals surface area contributed by atoms with Crippen LogP contribution < -0.4 is 10.8 Å². The monoisotopic (exact) mass is 348 g/mol. The fourth-order valence-electron chi connectivity index (χ4n) is 3.04. The minimum atomic E-state index is -0.538. The van der Waals surface area contributed by atoms with Crippen LogP contribution in [0.4, 0.5) is 0 Å². The lowest BCUT2D eigenvalue weighted by atomic mass is 10.1. The van der Waals surface area contributed by atoms with Crippen LogP contribution in [-0.4, -0.2) is 22.2 Å². The molecule has 5 heteroatoms. The first-order valence-corrected chi connectivity index (χ1v) is 8.62. The second kappa shape index (κ2) is 8.47. The number of para-hydroxylation sites is 1. The van der Waals surface area contributed by atoms with E-state index in [1.165, 1.54) is 28.1 Å². The number of amides is 1. The summed E-state index contributed by atoms with van der Waals surface area (Å²) in [7, 11) is 2.08. The number of hydrogen-bond donors (Lipinski definition) is 3. The number of fused-ring (bicyclic) bond motifs is 1.